The molecule has 1 saturated heterocycles. The summed E-state index contributed by atoms with van der Waals surface area (Å²) in [4.78, 5) is 29.4. The number of halogens is 2. The lowest BCUT2D eigenvalue weighted by atomic mass is 9.93. The molecular formula is C22H25F2N7OS. The Kier molecular flexibility index (Phi) is 5.61. The van der Waals surface area contributed by atoms with Crippen LogP contribution in [0, 0.1) is 12.8 Å². The van der Waals surface area contributed by atoms with Crippen LogP contribution < -0.4 is 21.7 Å². The fourth-order valence-electron chi connectivity index (χ4n) is 4.57. The molecule has 0 bridgehead atoms. The molecule has 0 saturated carbocycles. The van der Waals surface area contributed by atoms with E-state index >= 15 is 0 Å². The molecule has 11 heteroatoms. The number of nitrogens with zero attached hydrogens (tertiary/aromatic N) is 4. The number of aryl methyl sites for hydroxylation is 2. The maximum absolute atomic E-state index is 13.1. The Labute approximate surface area is 193 Å². The number of nitrogen functional groups attached to an aromatic ring is 1. The number of carbonyl (C=O) groups excluding carboxylic acids is 1. The molecule has 3 aromatic heterocycles. The highest BCUT2D eigenvalue weighted by molar-refractivity contribution is 7.21. The van der Waals surface area contributed by atoms with E-state index in [1.807, 2.05) is 19.1 Å². The molecule has 1 fully saturated rings. The number of hydrogen-bond acceptors (Lipinski definition) is 8. The van der Waals surface area contributed by atoms with Crippen molar-refractivity contribution in [3.8, 4) is 0 Å². The van der Waals surface area contributed by atoms with Crippen LogP contribution >= 0.6 is 11.3 Å². The summed E-state index contributed by atoms with van der Waals surface area (Å²) in [7, 11) is 0. The van der Waals surface area contributed by atoms with Crippen molar-refractivity contribution in [2.24, 2.45) is 11.7 Å². The zero-order valence-corrected chi connectivity index (χ0v) is 18.9. The van der Waals surface area contributed by atoms with Gasteiger partial charge in [-0.05, 0) is 43.9 Å². The van der Waals surface area contributed by atoms with Gasteiger partial charge < -0.3 is 21.7 Å². The summed E-state index contributed by atoms with van der Waals surface area (Å²) < 4.78 is 26.3. The number of rotatable bonds is 4. The lowest BCUT2D eigenvalue weighted by Crippen LogP contribution is -2.39. The smallest absolute Gasteiger partial charge is 0.263 e. The van der Waals surface area contributed by atoms with E-state index in [0.717, 1.165) is 33.6 Å². The Balaban J connectivity index is 1.27. The normalized spacial score (nSPS) is 22.7. The van der Waals surface area contributed by atoms with Crippen molar-refractivity contribution in [3.05, 3.63) is 40.2 Å². The number of nitrogens with two attached hydrogens (primary N) is 2. The molecule has 5 N–H and O–H groups in total. The van der Waals surface area contributed by atoms with Gasteiger partial charge in [0.25, 0.3) is 5.91 Å². The standard InChI is InChI=1S/C22H25F2N7OS/c1-10-2-4-13-17(26)18(33-21(13)28-10)20(32)29-12-3-5-16-11(6-12)7-27-22(30-16)31-8-14(19(23)24)15(25)9-31/h2,4,7,12,14-15,19H,3,5-6,8-9,25-26H2,1H3,(H,29,32)/t12-,14?,15-/m0/s1. The number of fused-ring (bicyclic) bond motifs is 2. The monoisotopic (exact) mass is 473 g/mol. The number of hydrogen-bond donors (Lipinski definition) is 3. The summed E-state index contributed by atoms with van der Waals surface area (Å²) in [6, 6.07) is 3.11. The minimum absolute atomic E-state index is 0.0674. The molecule has 4 heterocycles. The number of pyridine rings is 1. The van der Waals surface area contributed by atoms with Gasteiger partial charge >= 0.3 is 0 Å². The van der Waals surface area contributed by atoms with Gasteiger partial charge in [0.15, 0.2) is 0 Å². The van der Waals surface area contributed by atoms with Crippen LogP contribution in [0.2, 0.25) is 0 Å². The second kappa shape index (κ2) is 8.45. The summed E-state index contributed by atoms with van der Waals surface area (Å²) >= 11 is 1.30. The van der Waals surface area contributed by atoms with E-state index < -0.39 is 18.4 Å². The first-order valence-electron chi connectivity index (χ1n) is 10.9. The Morgan fingerprint density at radius 1 is 1.30 bits per heavy atom. The van der Waals surface area contributed by atoms with Gasteiger partial charge in [-0.25, -0.2) is 23.7 Å². The Morgan fingerprint density at radius 3 is 2.88 bits per heavy atom. The molecule has 2 aliphatic rings. The van der Waals surface area contributed by atoms with E-state index in [0.29, 0.717) is 35.9 Å². The number of alkyl halides is 2. The first-order valence-corrected chi connectivity index (χ1v) is 11.7. The van der Waals surface area contributed by atoms with Crippen molar-refractivity contribution in [2.45, 2.75) is 44.7 Å². The minimum Gasteiger partial charge on any atom is -0.397 e. The molecule has 0 spiro atoms. The highest BCUT2D eigenvalue weighted by Gasteiger charge is 2.37. The summed E-state index contributed by atoms with van der Waals surface area (Å²) in [5.41, 5.74) is 15.3. The first kappa shape index (κ1) is 21.9. The lowest BCUT2D eigenvalue weighted by Gasteiger charge is -2.26. The Hall–Kier alpha value is -2.92. The molecule has 0 aromatic carbocycles. The van der Waals surface area contributed by atoms with E-state index in [-0.39, 0.29) is 18.5 Å². The van der Waals surface area contributed by atoms with Gasteiger partial charge in [-0.15, -0.1) is 11.3 Å². The van der Waals surface area contributed by atoms with Gasteiger partial charge in [0, 0.05) is 48.1 Å². The summed E-state index contributed by atoms with van der Waals surface area (Å²) in [5, 5.41) is 3.88. The molecule has 1 amide bonds. The number of thiophene rings is 1. The number of nitrogens with one attached hydrogen (secondary N) is 1. The SMILES string of the molecule is Cc1ccc2c(N)c(C(=O)N[C@H]3CCc4nc(N5CC(C(F)F)[C@@H](N)C5)ncc4C3)sc2n1. The highest BCUT2D eigenvalue weighted by atomic mass is 32.1. The summed E-state index contributed by atoms with van der Waals surface area (Å²) in [6.45, 7) is 2.37. The molecular weight excluding hydrogens is 448 g/mol. The van der Waals surface area contributed by atoms with E-state index in [4.69, 9.17) is 11.5 Å². The quantitative estimate of drug-likeness (QED) is 0.531. The molecule has 5 rings (SSSR count). The zero-order chi connectivity index (χ0) is 23.3. The molecule has 1 aliphatic carbocycles. The molecule has 1 unspecified atom stereocenters. The highest BCUT2D eigenvalue weighted by Crippen LogP contribution is 2.33. The van der Waals surface area contributed by atoms with Gasteiger partial charge in [0.05, 0.1) is 11.6 Å². The number of aromatic nitrogens is 3. The van der Waals surface area contributed by atoms with Gasteiger partial charge in [0.1, 0.15) is 9.71 Å². The lowest BCUT2D eigenvalue weighted by molar-refractivity contribution is 0.0804. The van der Waals surface area contributed by atoms with E-state index in [1.165, 1.54) is 11.3 Å². The van der Waals surface area contributed by atoms with Crippen LogP contribution in [0.4, 0.5) is 20.4 Å². The van der Waals surface area contributed by atoms with Gasteiger partial charge in [-0.3, -0.25) is 4.79 Å². The average Bonchev–Trinajstić information content (AvgIpc) is 3.33. The second-order valence-electron chi connectivity index (χ2n) is 8.77. The maximum atomic E-state index is 13.1. The van der Waals surface area contributed by atoms with Crippen LogP contribution in [0.25, 0.3) is 10.2 Å². The first-order chi connectivity index (χ1) is 15.8. The van der Waals surface area contributed by atoms with Gasteiger partial charge in [0.2, 0.25) is 12.4 Å². The van der Waals surface area contributed by atoms with Crippen LogP contribution in [0.15, 0.2) is 18.3 Å². The maximum Gasteiger partial charge on any atom is 0.263 e. The molecule has 3 atom stereocenters. The number of anilines is 2. The molecule has 1 aliphatic heterocycles. The van der Waals surface area contributed by atoms with E-state index in [2.05, 4.69) is 20.3 Å². The second-order valence-corrected chi connectivity index (χ2v) is 9.77. The zero-order valence-electron chi connectivity index (χ0n) is 18.1. The van der Waals surface area contributed by atoms with Crippen molar-refractivity contribution in [1.29, 1.82) is 0 Å². The van der Waals surface area contributed by atoms with Crippen molar-refractivity contribution < 1.29 is 13.6 Å². The van der Waals surface area contributed by atoms with Crippen molar-refractivity contribution in [1.82, 2.24) is 20.3 Å². The molecule has 33 heavy (non-hydrogen) atoms. The van der Waals surface area contributed by atoms with E-state index in [1.54, 1.807) is 11.1 Å². The summed E-state index contributed by atoms with van der Waals surface area (Å²) in [6.07, 6.45) is 1.26. The van der Waals surface area contributed by atoms with E-state index in [9.17, 15) is 13.6 Å². The van der Waals surface area contributed by atoms with Gasteiger partial charge in [-0.2, -0.15) is 0 Å². The third kappa shape index (κ3) is 4.10. The van der Waals surface area contributed by atoms with Crippen LogP contribution in [-0.4, -0.2) is 52.5 Å². The predicted octanol–water partition coefficient (Wildman–Crippen LogP) is 2.29. The fourth-order valence-corrected chi connectivity index (χ4v) is 5.61. The molecule has 3 aromatic rings. The third-order valence-corrected chi connectivity index (χ3v) is 7.54. The number of carbonyl (C=O) groups is 1. The Morgan fingerprint density at radius 2 is 2.12 bits per heavy atom. The summed E-state index contributed by atoms with van der Waals surface area (Å²) in [5.74, 6) is -0.636. The Bertz CT molecular complexity index is 1220. The largest absolute Gasteiger partial charge is 0.397 e. The predicted molar refractivity (Wildman–Crippen MR) is 124 cm³/mol. The molecule has 8 nitrogen and oxygen atoms in total. The van der Waals surface area contributed by atoms with Crippen LogP contribution in [0.1, 0.15) is 33.0 Å². The minimum atomic E-state index is -2.46. The third-order valence-electron chi connectivity index (χ3n) is 6.43. The van der Waals surface area contributed by atoms with Gasteiger partial charge in [-0.1, -0.05) is 0 Å². The average molecular weight is 474 g/mol. The molecule has 0 radical (unpaired) electrons. The van der Waals surface area contributed by atoms with Crippen molar-refractivity contribution in [3.63, 3.8) is 0 Å². The van der Waals surface area contributed by atoms with Crippen LogP contribution in [0.5, 0.6) is 0 Å². The van der Waals surface area contributed by atoms with Crippen LogP contribution in [0.3, 0.4) is 0 Å². The van der Waals surface area contributed by atoms with Crippen molar-refractivity contribution >= 4 is 39.1 Å². The topological polar surface area (TPSA) is 123 Å². The van der Waals surface area contributed by atoms with Crippen LogP contribution in [-0.2, 0) is 12.8 Å². The molecule has 174 valence electrons. The van der Waals surface area contributed by atoms with Crippen molar-refractivity contribution in [2.75, 3.05) is 23.7 Å². The fraction of sp³-hybridized carbons (Fsp3) is 0.455. The number of amides is 1.